The first-order valence-electron chi connectivity index (χ1n) is 3.89. The van der Waals surface area contributed by atoms with Crippen molar-refractivity contribution in [2.45, 2.75) is 25.6 Å². The Kier molecular flexibility index (Phi) is 2.03. The molecular formula is C8H16N2O. The molecule has 1 aliphatic heterocycles. The van der Waals surface area contributed by atoms with Crippen molar-refractivity contribution < 1.29 is 4.79 Å². The van der Waals surface area contributed by atoms with Gasteiger partial charge in [0.1, 0.15) is 6.29 Å². The molecule has 1 saturated heterocycles. The van der Waals surface area contributed by atoms with Crippen molar-refractivity contribution in [2.24, 2.45) is 0 Å². The summed E-state index contributed by atoms with van der Waals surface area (Å²) in [6, 6.07) is 0.0648. The molecule has 3 heteroatoms. The minimum atomic E-state index is 0.0194. The number of carbonyl (C=O) groups excluding carboxylic acids is 1. The lowest BCUT2D eigenvalue weighted by atomic mass is 10.2. The van der Waals surface area contributed by atoms with E-state index in [0.29, 0.717) is 0 Å². The average molecular weight is 156 g/mol. The largest absolute Gasteiger partial charge is 0.302 e. The lowest BCUT2D eigenvalue weighted by molar-refractivity contribution is -0.111. The molecule has 0 bridgehead atoms. The summed E-state index contributed by atoms with van der Waals surface area (Å²) in [4.78, 5) is 14.9. The Hall–Kier alpha value is -0.410. The zero-order valence-electron chi connectivity index (χ0n) is 7.66. The normalized spacial score (nSPS) is 32.5. The predicted octanol–water partition coefficient (Wildman–Crippen LogP) is 0.167. The first kappa shape index (κ1) is 8.68. The molecule has 1 rings (SSSR count). The molecule has 0 aromatic rings. The lowest BCUT2D eigenvalue weighted by Crippen LogP contribution is -2.46. The molecule has 0 radical (unpaired) electrons. The first-order valence-corrected chi connectivity index (χ1v) is 3.89. The number of nitrogens with zero attached hydrogens (tertiary/aromatic N) is 2. The molecule has 1 aliphatic rings. The van der Waals surface area contributed by atoms with Crippen LogP contribution in [0.3, 0.4) is 0 Å². The van der Waals surface area contributed by atoms with Gasteiger partial charge in [0, 0.05) is 6.54 Å². The van der Waals surface area contributed by atoms with Crippen molar-refractivity contribution in [3.63, 3.8) is 0 Å². The van der Waals surface area contributed by atoms with Crippen molar-refractivity contribution in [1.29, 1.82) is 0 Å². The molecule has 0 aliphatic carbocycles. The molecule has 11 heavy (non-hydrogen) atoms. The molecule has 1 atom stereocenters. The summed E-state index contributed by atoms with van der Waals surface area (Å²) in [7, 11) is 4.03. The monoisotopic (exact) mass is 156 g/mol. The van der Waals surface area contributed by atoms with Crippen LogP contribution in [0.5, 0.6) is 0 Å². The van der Waals surface area contributed by atoms with Gasteiger partial charge in [0.15, 0.2) is 0 Å². The highest BCUT2D eigenvalue weighted by Gasteiger charge is 2.40. The molecule has 0 aromatic carbocycles. The van der Waals surface area contributed by atoms with Gasteiger partial charge in [-0.1, -0.05) is 0 Å². The van der Waals surface area contributed by atoms with Crippen LogP contribution in [0.25, 0.3) is 0 Å². The molecule has 0 N–H and O–H groups in total. The molecule has 0 spiro atoms. The number of aldehydes is 1. The minimum Gasteiger partial charge on any atom is -0.302 e. The quantitative estimate of drug-likeness (QED) is 0.505. The van der Waals surface area contributed by atoms with Gasteiger partial charge >= 0.3 is 0 Å². The Labute approximate surface area is 68.0 Å². The summed E-state index contributed by atoms with van der Waals surface area (Å²) >= 11 is 0. The summed E-state index contributed by atoms with van der Waals surface area (Å²) in [6.07, 6.45) is 1.02. The Balaban J connectivity index is 2.79. The van der Waals surface area contributed by atoms with E-state index in [2.05, 4.69) is 23.6 Å². The van der Waals surface area contributed by atoms with Crippen molar-refractivity contribution in [3.8, 4) is 0 Å². The number of hydrogen-bond donors (Lipinski definition) is 0. The van der Waals surface area contributed by atoms with E-state index in [-0.39, 0.29) is 11.7 Å². The van der Waals surface area contributed by atoms with E-state index in [1.54, 1.807) is 0 Å². The average Bonchev–Trinajstić information content (AvgIpc) is 2.14. The van der Waals surface area contributed by atoms with Crippen LogP contribution in [-0.4, -0.2) is 48.4 Å². The van der Waals surface area contributed by atoms with Gasteiger partial charge in [0.25, 0.3) is 0 Å². The third-order valence-electron chi connectivity index (χ3n) is 2.91. The number of likely N-dealkylation sites (N-methyl/N-ethyl adjacent to an activating group) is 2. The van der Waals surface area contributed by atoms with E-state index in [0.717, 1.165) is 12.8 Å². The molecule has 1 heterocycles. The first-order chi connectivity index (χ1) is 5.00. The number of rotatable bonds is 1. The van der Waals surface area contributed by atoms with Crippen LogP contribution in [0.4, 0.5) is 0 Å². The molecule has 1 unspecified atom stereocenters. The predicted molar refractivity (Wildman–Crippen MR) is 44.3 cm³/mol. The molecule has 3 nitrogen and oxygen atoms in total. The zero-order chi connectivity index (χ0) is 8.65. The smallest absolute Gasteiger partial charge is 0.138 e. The van der Waals surface area contributed by atoms with Crippen LogP contribution in [-0.2, 0) is 4.79 Å². The van der Waals surface area contributed by atoms with Gasteiger partial charge in [-0.3, -0.25) is 9.80 Å². The molecular weight excluding hydrogens is 140 g/mol. The van der Waals surface area contributed by atoms with Crippen molar-refractivity contribution in [3.05, 3.63) is 0 Å². The van der Waals surface area contributed by atoms with Gasteiger partial charge in [-0.25, -0.2) is 0 Å². The van der Waals surface area contributed by atoms with E-state index in [1.807, 2.05) is 14.1 Å². The summed E-state index contributed by atoms with van der Waals surface area (Å²) in [5, 5.41) is 0. The van der Waals surface area contributed by atoms with E-state index in [4.69, 9.17) is 0 Å². The van der Waals surface area contributed by atoms with Gasteiger partial charge in [-0.2, -0.15) is 0 Å². The fraction of sp³-hybridized carbons (Fsp3) is 0.875. The van der Waals surface area contributed by atoms with Crippen LogP contribution in [0.1, 0.15) is 13.8 Å². The zero-order valence-corrected chi connectivity index (χ0v) is 7.66. The topological polar surface area (TPSA) is 23.6 Å². The Bertz CT molecular complexity index is 167. The third-order valence-corrected chi connectivity index (χ3v) is 2.91. The summed E-state index contributed by atoms with van der Waals surface area (Å²) in [5.41, 5.74) is 0.0194. The third kappa shape index (κ3) is 1.19. The maximum absolute atomic E-state index is 10.6. The van der Waals surface area contributed by atoms with Crippen LogP contribution < -0.4 is 0 Å². The number of hydrogen-bond acceptors (Lipinski definition) is 3. The number of carbonyl (C=O) groups is 1. The summed E-state index contributed by atoms with van der Waals surface area (Å²) < 4.78 is 0. The van der Waals surface area contributed by atoms with Gasteiger partial charge in [0.05, 0.1) is 11.7 Å². The van der Waals surface area contributed by atoms with E-state index >= 15 is 0 Å². The molecule has 1 fully saturated rings. The Morgan fingerprint density at radius 2 is 2.00 bits per heavy atom. The minimum absolute atomic E-state index is 0.0194. The van der Waals surface area contributed by atoms with Crippen LogP contribution >= 0.6 is 0 Å². The second kappa shape index (κ2) is 2.57. The van der Waals surface area contributed by atoms with Crippen LogP contribution in [0.2, 0.25) is 0 Å². The van der Waals surface area contributed by atoms with E-state index in [1.165, 1.54) is 0 Å². The van der Waals surface area contributed by atoms with Gasteiger partial charge < -0.3 is 4.79 Å². The lowest BCUT2D eigenvalue weighted by Gasteiger charge is -2.34. The second-order valence-corrected chi connectivity index (χ2v) is 3.69. The van der Waals surface area contributed by atoms with Crippen molar-refractivity contribution in [1.82, 2.24) is 9.80 Å². The Morgan fingerprint density at radius 3 is 2.18 bits per heavy atom. The van der Waals surface area contributed by atoms with Crippen molar-refractivity contribution in [2.75, 3.05) is 20.6 Å². The fourth-order valence-electron chi connectivity index (χ4n) is 1.44. The van der Waals surface area contributed by atoms with Gasteiger partial charge in [-0.05, 0) is 27.9 Å². The second-order valence-electron chi connectivity index (χ2n) is 3.69. The highest BCUT2D eigenvalue weighted by Crippen LogP contribution is 2.25. The van der Waals surface area contributed by atoms with E-state index in [9.17, 15) is 4.79 Å². The van der Waals surface area contributed by atoms with Gasteiger partial charge in [-0.15, -0.1) is 0 Å². The summed E-state index contributed by atoms with van der Waals surface area (Å²) in [6.45, 7) is 5.08. The van der Waals surface area contributed by atoms with Gasteiger partial charge in [0.2, 0.25) is 0 Å². The SMILES string of the molecule is CN1CC(C=O)N(C)C1(C)C. The molecule has 0 amide bonds. The Morgan fingerprint density at radius 1 is 1.45 bits per heavy atom. The fourth-order valence-corrected chi connectivity index (χ4v) is 1.44. The van der Waals surface area contributed by atoms with Crippen LogP contribution in [0.15, 0.2) is 0 Å². The maximum atomic E-state index is 10.6. The standard InChI is InChI=1S/C8H16N2O/c1-8(2)9(3)5-7(6-11)10(8)4/h6-7H,5H2,1-4H3. The highest BCUT2D eigenvalue weighted by molar-refractivity contribution is 5.59. The molecule has 0 saturated carbocycles. The van der Waals surface area contributed by atoms with E-state index < -0.39 is 0 Å². The molecule has 64 valence electrons. The molecule has 0 aromatic heterocycles. The highest BCUT2D eigenvalue weighted by atomic mass is 16.1. The summed E-state index contributed by atoms with van der Waals surface area (Å²) in [5.74, 6) is 0. The van der Waals surface area contributed by atoms with Crippen molar-refractivity contribution >= 4 is 6.29 Å². The van der Waals surface area contributed by atoms with Crippen LogP contribution in [0, 0.1) is 0 Å². The maximum Gasteiger partial charge on any atom is 0.138 e.